The molecule has 0 N–H and O–H groups in total. The van der Waals surface area contributed by atoms with E-state index in [0.29, 0.717) is 30.6 Å². The third-order valence-electron chi connectivity index (χ3n) is 7.99. The summed E-state index contributed by atoms with van der Waals surface area (Å²) >= 11 is 0. The second-order valence-corrected chi connectivity index (χ2v) is 11.0. The van der Waals surface area contributed by atoms with Crippen LogP contribution in [-0.4, -0.2) is 83.9 Å². The van der Waals surface area contributed by atoms with Crippen LogP contribution < -0.4 is 4.74 Å². The Morgan fingerprint density at radius 3 is 1.90 bits per heavy atom. The average molecular weight is 606 g/mol. The number of carbonyl (C=O) groups excluding carboxylic acids is 1. The number of piperidine rings is 2. The van der Waals surface area contributed by atoms with E-state index in [0.717, 1.165) is 43.7 Å². The van der Waals surface area contributed by atoms with Gasteiger partial charge in [-0.1, -0.05) is 12.5 Å². The molecule has 3 heterocycles. The highest BCUT2D eigenvalue weighted by Crippen LogP contribution is 2.41. The fourth-order valence-corrected chi connectivity index (χ4v) is 6.11. The van der Waals surface area contributed by atoms with Crippen LogP contribution >= 0.6 is 0 Å². The molecule has 1 amide bonds. The molecule has 0 atom stereocenters. The lowest BCUT2D eigenvalue weighted by Crippen LogP contribution is -2.54. The van der Waals surface area contributed by atoms with Gasteiger partial charge in [-0.25, -0.2) is 4.79 Å². The smallest absolute Gasteiger partial charge is 0.426 e. The molecule has 3 fully saturated rings. The Labute approximate surface area is 231 Å². The number of amides is 1. The Morgan fingerprint density at radius 1 is 0.756 bits per heavy atom. The lowest BCUT2D eigenvalue weighted by atomic mass is 9.85. The van der Waals surface area contributed by atoms with Crippen molar-refractivity contribution < 1.29 is 53.8 Å². The van der Waals surface area contributed by atoms with Crippen LogP contribution in [0.2, 0.25) is 0 Å². The zero-order chi connectivity index (χ0) is 30.1. The topological polar surface area (TPSA) is 45.2 Å². The minimum atomic E-state index is -5.80. The lowest BCUT2D eigenvalue weighted by molar-refractivity contribution is -0.308. The maximum atomic E-state index is 13.1. The molecule has 3 saturated heterocycles. The third kappa shape index (κ3) is 8.33. The van der Waals surface area contributed by atoms with Gasteiger partial charge in [0.2, 0.25) is 0 Å². The van der Waals surface area contributed by atoms with Crippen molar-refractivity contribution in [2.24, 2.45) is 0 Å². The third-order valence-corrected chi connectivity index (χ3v) is 7.99. The molecule has 1 aromatic carbocycles. The summed E-state index contributed by atoms with van der Waals surface area (Å²) in [6, 6.07) is 4.55. The van der Waals surface area contributed by atoms with E-state index in [1.165, 1.54) is 12.1 Å². The van der Waals surface area contributed by atoms with Crippen LogP contribution in [0.15, 0.2) is 18.2 Å². The maximum Gasteiger partial charge on any atom is 0.573 e. The van der Waals surface area contributed by atoms with Crippen LogP contribution in [0.1, 0.15) is 56.1 Å². The molecule has 1 spiro atoms. The number of halogens is 9. The minimum absolute atomic E-state index is 0.116. The minimum Gasteiger partial charge on any atom is -0.426 e. The summed E-state index contributed by atoms with van der Waals surface area (Å²) in [5.41, 5.74) is 0.774. The number of ether oxygens (including phenoxy) is 2. The molecule has 0 radical (unpaired) electrons. The van der Waals surface area contributed by atoms with E-state index in [-0.39, 0.29) is 38.2 Å². The molecule has 1 aromatic rings. The molecule has 0 bridgehead atoms. The Hall–Kier alpha value is -2.42. The fraction of sp³-hybridized carbons (Fsp3) is 0.731. The molecule has 15 heteroatoms. The molecule has 6 nitrogen and oxygen atoms in total. The van der Waals surface area contributed by atoms with Gasteiger partial charge in [0.15, 0.2) is 0 Å². The van der Waals surface area contributed by atoms with Gasteiger partial charge in [0.25, 0.3) is 6.10 Å². The number of hydrogen-bond donors (Lipinski definition) is 0. The van der Waals surface area contributed by atoms with Crippen molar-refractivity contribution in [1.82, 2.24) is 14.7 Å². The van der Waals surface area contributed by atoms with Crippen molar-refractivity contribution in [2.45, 2.75) is 88.4 Å². The summed E-state index contributed by atoms with van der Waals surface area (Å²) < 4.78 is 124. The molecule has 4 rings (SSSR count). The van der Waals surface area contributed by atoms with Crippen LogP contribution in [0.25, 0.3) is 0 Å². The first kappa shape index (κ1) is 31.5. The average Bonchev–Trinajstić information content (AvgIpc) is 3.22. The number of alkyl halides is 9. The largest absolute Gasteiger partial charge is 0.573 e. The molecule has 0 saturated carbocycles. The second kappa shape index (κ2) is 12.1. The van der Waals surface area contributed by atoms with Gasteiger partial charge >= 0.3 is 24.8 Å². The number of nitrogens with zero attached hydrogens (tertiary/aromatic N) is 3. The van der Waals surface area contributed by atoms with Crippen molar-refractivity contribution in [3.8, 4) is 5.75 Å². The number of likely N-dealkylation sites (tertiary alicyclic amines) is 3. The zero-order valence-electron chi connectivity index (χ0n) is 22.2. The predicted molar refractivity (Wildman–Crippen MR) is 128 cm³/mol. The highest BCUT2D eigenvalue weighted by molar-refractivity contribution is 5.68. The second-order valence-electron chi connectivity index (χ2n) is 11.0. The monoisotopic (exact) mass is 605 g/mol. The van der Waals surface area contributed by atoms with Crippen LogP contribution in [-0.2, 0) is 17.8 Å². The fourth-order valence-electron chi connectivity index (χ4n) is 6.11. The van der Waals surface area contributed by atoms with Crippen LogP contribution in [0, 0.1) is 0 Å². The summed E-state index contributed by atoms with van der Waals surface area (Å²) in [5.74, 6) is -0.322. The molecule has 3 aliphatic heterocycles. The van der Waals surface area contributed by atoms with Gasteiger partial charge in [-0.05, 0) is 81.4 Å². The van der Waals surface area contributed by atoms with Gasteiger partial charge in [0.1, 0.15) is 5.75 Å². The predicted octanol–water partition coefficient (Wildman–Crippen LogP) is 6.63. The molecule has 3 aliphatic rings. The maximum absolute atomic E-state index is 13.1. The number of hydrogen-bond acceptors (Lipinski definition) is 5. The Kier molecular flexibility index (Phi) is 9.27. The number of rotatable bonds is 6. The summed E-state index contributed by atoms with van der Waals surface area (Å²) in [4.78, 5) is 17.3. The van der Waals surface area contributed by atoms with Crippen LogP contribution in [0.3, 0.4) is 0 Å². The lowest BCUT2D eigenvalue weighted by Gasteiger charge is -2.45. The summed E-state index contributed by atoms with van der Waals surface area (Å²) in [7, 11) is 0. The summed E-state index contributed by atoms with van der Waals surface area (Å²) in [6.07, 6.45) is -17.3. The molecule has 0 unspecified atom stereocenters. The van der Waals surface area contributed by atoms with Crippen molar-refractivity contribution in [2.75, 3.05) is 32.7 Å². The molecular formula is C26H32F9N3O3. The van der Waals surface area contributed by atoms with E-state index < -0.39 is 36.5 Å². The summed E-state index contributed by atoms with van der Waals surface area (Å²) in [5, 5.41) is 0. The number of carbonyl (C=O) groups is 1. The van der Waals surface area contributed by atoms with E-state index in [9.17, 15) is 44.3 Å². The first-order valence-electron chi connectivity index (χ1n) is 13.5. The Balaban J connectivity index is 1.44. The molecule has 232 valence electrons. The van der Waals surface area contributed by atoms with Crippen molar-refractivity contribution in [1.29, 1.82) is 0 Å². The van der Waals surface area contributed by atoms with Crippen molar-refractivity contribution >= 4 is 6.09 Å². The van der Waals surface area contributed by atoms with Gasteiger partial charge in [0, 0.05) is 31.7 Å². The van der Waals surface area contributed by atoms with E-state index in [1.807, 2.05) is 6.07 Å². The van der Waals surface area contributed by atoms with Crippen LogP contribution in [0.4, 0.5) is 44.3 Å². The normalized spacial score (nSPS) is 21.1. The van der Waals surface area contributed by atoms with Gasteiger partial charge in [-0.15, -0.1) is 13.2 Å². The van der Waals surface area contributed by atoms with E-state index in [4.69, 9.17) is 0 Å². The number of benzene rings is 1. The van der Waals surface area contributed by atoms with Crippen LogP contribution in [0.5, 0.6) is 5.75 Å². The first-order chi connectivity index (χ1) is 19.0. The van der Waals surface area contributed by atoms with E-state index >= 15 is 0 Å². The highest BCUT2D eigenvalue weighted by atomic mass is 19.4. The van der Waals surface area contributed by atoms with Gasteiger partial charge < -0.3 is 14.4 Å². The standard InChI is InChI=1S/C26H32F9N3O3/c27-24(28,29)21(25(30,31)32)40-22(39)37-11-6-23(7-12-37)5-4-10-38(23)17-19-13-18(16-36-8-2-1-3-9-36)14-20(15-19)41-26(33,34)35/h13-15,21H,1-12,16-17H2. The van der Waals surface area contributed by atoms with Gasteiger partial charge in [-0.2, -0.15) is 26.3 Å². The Bertz CT molecular complexity index is 1030. The molecule has 41 heavy (non-hydrogen) atoms. The van der Waals surface area contributed by atoms with Gasteiger partial charge in [0.05, 0.1) is 0 Å². The van der Waals surface area contributed by atoms with Crippen molar-refractivity contribution in [3.05, 3.63) is 29.3 Å². The Morgan fingerprint density at radius 2 is 1.34 bits per heavy atom. The summed E-state index contributed by atoms with van der Waals surface area (Å²) in [6.45, 7) is 2.81. The van der Waals surface area contributed by atoms with E-state index in [2.05, 4.69) is 19.3 Å². The SMILES string of the molecule is O=C(OC(C(F)(F)F)C(F)(F)F)N1CCC2(CCCN2Cc2cc(CN3CCCCC3)cc(OC(F)(F)F)c2)CC1. The first-order valence-corrected chi connectivity index (χ1v) is 13.5. The molecule has 0 aromatic heterocycles. The molecule has 0 aliphatic carbocycles. The van der Waals surface area contributed by atoms with E-state index in [1.54, 1.807) is 0 Å². The van der Waals surface area contributed by atoms with Gasteiger partial charge in [-0.3, -0.25) is 9.80 Å². The molecular weight excluding hydrogens is 573 g/mol. The van der Waals surface area contributed by atoms with Crippen molar-refractivity contribution in [3.63, 3.8) is 0 Å². The zero-order valence-corrected chi connectivity index (χ0v) is 22.2. The highest BCUT2D eigenvalue weighted by Gasteiger charge is 2.60. The quantitative estimate of drug-likeness (QED) is 0.341.